The number of aryl methyl sites for hydroxylation is 1. The SMILES string of the molecule is CCOc1ccc(S(=O)(=O)N(CC(=O)N(Cc2ccc(C)cc2)C(Cc2ccccc2)C(=O)NC2CCCCC2)c2ccccc2)cc1. The molecule has 1 aliphatic rings. The molecule has 1 aliphatic carbocycles. The number of amides is 2. The van der Waals surface area contributed by atoms with Crippen LogP contribution in [0.5, 0.6) is 5.75 Å². The van der Waals surface area contributed by atoms with E-state index in [0.29, 0.717) is 18.0 Å². The Morgan fingerprint density at radius 1 is 0.812 bits per heavy atom. The smallest absolute Gasteiger partial charge is 0.264 e. The van der Waals surface area contributed by atoms with Crippen LogP contribution in [0.2, 0.25) is 0 Å². The van der Waals surface area contributed by atoms with E-state index in [2.05, 4.69) is 5.32 Å². The maximum Gasteiger partial charge on any atom is 0.264 e. The van der Waals surface area contributed by atoms with Crippen LogP contribution in [-0.4, -0.2) is 50.4 Å². The van der Waals surface area contributed by atoms with Gasteiger partial charge >= 0.3 is 0 Å². The Hall–Kier alpha value is -4.63. The number of nitrogens with one attached hydrogen (secondary N) is 1. The highest BCUT2D eigenvalue weighted by Gasteiger charge is 2.35. The zero-order valence-corrected chi connectivity index (χ0v) is 28.6. The molecule has 1 fully saturated rings. The van der Waals surface area contributed by atoms with Crippen molar-refractivity contribution in [1.82, 2.24) is 10.2 Å². The molecule has 4 aromatic carbocycles. The van der Waals surface area contributed by atoms with Crippen LogP contribution in [0.25, 0.3) is 0 Å². The summed E-state index contributed by atoms with van der Waals surface area (Å²) in [6.07, 6.45) is 5.34. The molecule has 1 atom stereocenters. The van der Waals surface area contributed by atoms with E-state index in [0.717, 1.165) is 53.1 Å². The molecule has 252 valence electrons. The molecule has 0 heterocycles. The van der Waals surface area contributed by atoms with E-state index in [4.69, 9.17) is 4.74 Å². The van der Waals surface area contributed by atoms with Crippen molar-refractivity contribution in [2.75, 3.05) is 17.5 Å². The lowest BCUT2D eigenvalue weighted by molar-refractivity contribution is -0.140. The van der Waals surface area contributed by atoms with Crippen LogP contribution in [0.15, 0.2) is 114 Å². The molecular formula is C39H45N3O5S. The van der Waals surface area contributed by atoms with Gasteiger partial charge < -0.3 is 15.0 Å². The Balaban J connectivity index is 1.53. The third kappa shape index (κ3) is 9.04. The Bertz CT molecular complexity index is 1720. The van der Waals surface area contributed by atoms with E-state index in [1.807, 2.05) is 68.4 Å². The van der Waals surface area contributed by atoms with Crippen molar-refractivity contribution in [2.24, 2.45) is 0 Å². The number of sulfonamides is 1. The lowest BCUT2D eigenvalue weighted by Crippen LogP contribution is -2.55. The zero-order chi connectivity index (χ0) is 33.9. The van der Waals surface area contributed by atoms with Gasteiger partial charge in [-0.05, 0) is 74.2 Å². The van der Waals surface area contributed by atoms with Gasteiger partial charge in [0.25, 0.3) is 10.0 Å². The summed E-state index contributed by atoms with van der Waals surface area (Å²) in [6, 6.07) is 31.4. The molecule has 0 aromatic heterocycles. The van der Waals surface area contributed by atoms with Crippen LogP contribution in [0.3, 0.4) is 0 Å². The molecule has 2 amide bonds. The third-order valence-corrected chi connectivity index (χ3v) is 10.5. The fourth-order valence-corrected chi connectivity index (χ4v) is 7.53. The zero-order valence-electron chi connectivity index (χ0n) is 27.8. The van der Waals surface area contributed by atoms with Gasteiger partial charge in [0.05, 0.1) is 17.2 Å². The molecule has 9 heteroatoms. The highest BCUT2D eigenvalue weighted by atomic mass is 32.2. The molecule has 8 nitrogen and oxygen atoms in total. The minimum absolute atomic E-state index is 0.0311. The summed E-state index contributed by atoms with van der Waals surface area (Å²) in [5, 5.41) is 3.25. The van der Waals surface area contributed by atoms with Gasteiger partial charge in [0.15, 0.2) is 0 Å². The van der Waals surface area contributed by atoms with Crippen molar-refractivity contribution in [2.45, 2.75) is 75.9 Å². The molecule has 1 saturated carbocycles. The summed E-state index contributed by atoms with van der Waals surface area (Å²) in [4.78, 5) is 30.5. The number of benzene rings is 4. The summed E-state index contributed by atoms with van der Waals surface area (Å²) in [5.74, 6) is -0.156. The van der Waals surface area contributed by atoms with E-state index in [-0.39, 0.29) is 29.8 Å². The predicted octanol–water partition coefficient (Wildman–Crippen LogP) is 6.68. The van der Waals surface area contributed by atoms with E-state index < -0.39 is 28.5 Å². The van der Waals surface area contributed by atoms with Gasteiger partial charge in [0.2, 0.25) is 11.8 Å². The topological polar surface area (TPSA) is 96.0 Å². The fourth-order valence-electron chi connectivity index (χ4n) is 6.11. The van der Waals surface area contributed by atoms with Gasteiger partial charge in [-0.2, -0.15) is 0 Å². The number of hydrogen-bond donors (Lipinski definition) is 1. The summed E-state index contributed by atoms with van der Waals surface area (Å²) in [6.45, 7) is 3.95. The van der Waals surface area contributed by atoms with E-state index >= 15 is 0 Å². The number of hydrogen-bond acceptors (Lipinski definition) is 5. The second-order valence-corrected chi connectivity index (χ2v) is 14.2. The van der Waals surface area contributed by atoms with Gasteiger partial charge in [-0.25, -0.2) is 8.42 Å². The quantitative estimate of drug-likeness (QED) is 0.162. The highest BCUT2D eigenvalue weighted by Crippen LogP contribution is 2.27. The molecule has 0 aliphatic heterocycles. The first-order valence-electron chi connectivity index (χ1n) is 16.7. The van der Waals surface area contributed by atoms with Crippen LogP contribution in [0.4, 0.5) is 5.69 Å². The molecule has 1 unspecified atom stereocenters. The molecule has 1 N–H and O–H groups in total. The summed E-state index contributed by atoms with van der Waals surface area (Å²) < 4.78 is 35.2. The summed E-state index contributed by atoms with van der Waals surface area (Å²) in [5.41, 5.74) is 3.17. The maximum absolute atomic E-state index is 14.7. The second kappa shape index (κ2) is 16.5. The summed E-state index contributed by atoms with van der Waals surface area (Å²) in [7, 11) is -4.19. The molecule has 0 bridgehead atoms. The van der Waals surface area contributed by atoms with E-state index in [1.54, 1.807) is 47.4 Å². The molecule has 48 heavy (non-hydrogen) atoms. The Morgan fingerprint density at radius 3 is 2.06 bits per heavy atom. The number of nitrogens with zero attached hydrogens (tertiary/aromatic N) is 2. The van der Waals surface area contributed by atoms with Crippen LogP contribution < -0.4 is 14.4 Å². The summed E-state index contributed by atoms with van der Waals surface area (Å²) >= 11 is 0. The number of para-hydroxylation sites is 1. The standard InChI is InChI=1S/C39H45N3O5S/c1-3-47-35-23-25-36(26-24-35)48(45,46)42(34-17-11-6-12-18-34)29-38(43)41(28-32-21-19-30(2)20-22-32)37(27-31-13-7-4-8-14-31)39(44)40-33-15-9-5-10-16-33/h4,6-8,11-14,17-26,33,37H,3,5,9-10,15-16,27-29H2,1-2H3,(H,40,44). The van der Waals surface area contributed by atoms with Gasteiger partial charge in [-0.15, -0.1) is 0 Å². The van der Waals surface area contributed by atoms with Gasteiger partial charge in [0, 0.05) is 19.0 Å². The van der Waals surface area contributed by atoms with Crippen LogP contribution in [0, 0.1) is 6.92 Å². The van der Waals surface area contributed by atoms with Crippen LogP contribution >= 0.6 is 0 Å². The average molecular weight is 668 g/mol. The van der Waals surface area contributed by atoms with Crippen LogP contribution in [0.1, 0.15) is 55.7 Å². The third-order valence-electron chi connectivity index (χ3n) is 8.74. The maximum atomic E-state index is 14.7. The van der Waals surface area contributed by atoms with Gasteiger partial charge in [0.1, 0.15) is 18.3 Å². The van der Waals surface area contributed by atoms with Gasteiger partial charge in [-0.1, -0.05) is 97.6 Å². The molecule has 4 aromatic rings. The molecule has 0 radical (unpaired) electrons. The molecule has 5 rings (SSSR count). The van der Waals surface area contributed by atoms with Gasteiger partial charge in [-0.3, -0.25) is 13.9 Å². The van der Waals surface area contributed by atoms with E-state index in [1.165, 1.54) is 12.1 Å². The number of anilines is 1. The first kappa shape index (κ1) is 34.7. The van der Waals surface area contributed by atoms with Crippen molar-refractivity contribution < 1.29 is 22.7 Å². The first-order chi connectivity index (χ1) is 23.2. The Kier molecular flexibility index (Phi) is 11.9. The number of ether oxygens (including phenoxy) is 1. The van der Waals surface area contributed by atoms with E-state index in [9.17, 15) is 18.0 Å². The fraction of sp³-hybridized carbons (Fsp3) is 0.333. The molecule has 0 saturated heterocycles. The van der Waals surface area contributed by atoms with Crippen molar-refractivity contribution in [3.05, 3.63) is 126 Å². The predicted molar refractivity (Wildman–Crippen MR) is 189 cm³/mol. The minimum atomic E-state index is -4.19. The van der Waals surface area contributed by atoms with Crippen molar-refractivity contribution >= 4 is 27.5 Å². The number of carbonyl (C=O) groups is 2. The van der Waals surface area contributed by atoms with Crippen LogP contribution in [-0.2, 0) is 32.6 Å². The lowest BCUT2D eigenvalue weighted by Gasteiger charge is -2.35. The Labute approximate surface area is 284 Å². The monoisotopic (exact) mass is 667 g/mol. The average Bonchev–Trinajstić information content (AvgIpc) is 3.11. The Morgan fingerprint density at radius 2 is 1.44 bits per heavy atom. The van der Waals surface area contributed by atoms with Crippen molar-refractivity contribution in [1.29, 1.82) is 0 Å². The molecule has 0 spiro atoms. The van der Waals surface area contributed by atoms with Crippen molar-refractivity contribution in [3.8, 4) is 5.75 Å². The first-order valence-corrected chi connectivity index (χ1v) is 18.2. The minimum Gasteiger partial charge on any atom is -0.494 e. The second-order valence-electron chi connectivity index (χ2n) is 12.3. The largest absolute Gasteiger partial charge is 0.494 e. The number of carbonyl (C=O) groups excluding carboxylic acids is 2. The lowest BCUT2D eigenvalue weighted by atomic mass is 9.94. The number of rotatable bonds is 14. The normalized spacial score (nSPS) is 14.1. The molecular weight excluding hydrogens is 623 g/mol. The highest BCUT2D eigenvalue weighted by molar-refractivity contribution is 7.92. The van der Waals surface area contributed by atoms with Crippen molar-refractivity contribution in [3.63, 3.8) is 0 Å².